The Morgan fingerprint density at radius 2 is 2.15 bits per heavy atom. The second kappa shape index (κ2) is 5.90. The van der Waals surface area contributed by atoms with Crippen LogP contribution in [0.2, 0.25) is 0 Å². The molecular formula is C16H19NO3. The van der Waals surface area contributed by atoms with Gasteiger partial charge in [-0.15, -0.1) is 0 Å². The molecule has 0 unspecified atom stereocenters. The van der Waals surface area contributed by atoms with Crippen LogP contribution in [-0.2, 0) is 15.0 Å². The molecule has 0 bridgehead atoms. The average molecular weight is 273 g/mol. The fraction of sp³-hybridized carbons (Fsp3) is 0.375. The van der Waals surface area contributed by atoms with Crippen molar-refractivity contribution in [1.82, 2.24) is 5.32 Å². The molecule has 1 aromatic rings. The topological polar surface area (TPSA) is 66.4 Å². The van der Waals surface area contributed by atoms with Crippen molar-refractivity contribution in [3.8, 4) is 0 Å². The van der Waals surface area contributed by atoms with Crippen molar-refractivity contribution in [2.24, 2.45) is 0 Å². The highest BCUT2D eigenvalue weighted by Crippen LogP contribution is 2.48. The molecule has 2 rings (SSSR count). The van der Waals surface area contributed by atoms with Crippen LogP contribution in [0.25, 0.3) is 6.08 Å². The molecule has 4 heteroatoms. The first-order valence-electron chi connectivity index (χ1n) is 6.79. The molecule has 0 radical (unpaired) electrons. The maximum atomic E-state index is 11.3. The molecule has 0 aromatic heterocycles. The van der Waals surface area contributed by atoms with E-state index in [1.807, 2.05) is 36.4 Å². The Balaban J connectivity index is 1.98. The van der Waals surface area contributed by atoms with Gasteiger partial charge in [-0.1, -0.05) is 36.4 Å². The van der Waals surface area contributed by atoms with E-state index in [2.05, 4.69) is 5.32 Å². The lowest BCUT2D eigenvalue weighted by atomic mass is 9.94. The number of hydrogen-bond acceptors (Lipinski definition) is 2. The van der Waals surface area contributed by atoms with Gasteiger partial charge in [-0.25, -0.2) is 0 Å². The van der Waals surface area contributed by atoms with Crippen LogP contribution in [0.1, 0.15) is 37.3 Å². The Morgan fingerprint density at radius 1 is 1.40 bits per heavy atom. The van der Waals surface area contributed by atoms with Gasteiger partial charge in [-0.05, 0) is 30.4 Å². The summed E-state index contributed by atoms with van der Waals surface area (Å²) >= 11 is 0. The van der Waals surface area contributed by atoms with Crippen LogP contribution in [0.15, 0.2) is 30.3 Å². The molecule has 0 atom stereocenters. The van der Waals surface area contributed by atoms with E-state index in [1.54, 1.807) is 0 Å². The van der Waals surface area contributed by atoms with Crippen molar-refractivity contribution in [3.05, 3.63) is 41.5 Å². The first-order chi connectivity index (χ1) is 9.54. The van der Waals surface area contributed by atoms with Crippen LogP contribution >= 0.6 is 0 Å². The maximum absolute atomic E-state index is 11.3. The molecule has 1 aromatic carbocycles. The number of carbonyl (C=O) groups is 2. The molecule has 0 aliphatic heterocycles. The van der Waals surface area contributed by atoms with E-state index in [4.69, 9.17) is 0 Å². The SMILES string of the molecule is CC(=O)NCCC=Cc1cccc(C2(C(=O)O)CC2)c1. The van der Waals surface area contributed by atoms with Gasteiger partial charge in [-0.2, -0.15) is 0 Å². The number of nitrogens with one attached hydrogen (secondary N) is 1. The fourth-order valence-electron chi connectivity index (χ4n) is 2.24. The first kappa shape index (κ1) is 14.3. The molecular weight excluding hydrogens is 254 g/mol. The number of aliphatic carboxylic acids is 1. The molecule has 1 saturated carbocycles. The van der Waals surface area contributed by atoms with Crippen molar-refractivity contribution in [2.75, 3.05) is 6.54 Å². The predicted octanol–water partition coefficient (Wildman–Crippen LogP) is 2.34. The summed E-state index contributed by atoms with van der Waals surface area (Å²) in [6, 6.07) is 7.67. The number of amides is 1. The molecule has 1 aliphatic carbocycles. The lowest BCUT2D eigenvalue weighted by Gasteiger charge is -2.10. The molecule has 1 aliphatic rings. The number of carboxylic acids is 1. The molecule has 20 heavy (non-hydrogen) atoms. The summed E-state index contributed by atoms with van der Waals surface area (Å²) in [7, 11) is 0. The fourth-order valence-corrected chi connectivity index (χ4v) is 2.24. The highest BCUT2D eigenvalue weighted by Gasteiger charge is 2.51. The summed E-state index contributed by atoms with van der Waals surface area (Å²) in [5, 5.41) is 12.0. The minimum Gasteiger partial charge on any atom is -0.481 e. The number of hydrogen-bond donors (Lipinski definition) is 2. The highest BCUT2D eigenvalue weighted by atomic mass is 16.4. The molecule has 0 saturated heterocycles. The Morgan fingerprint density at radius 3 is 2.75 bits per heavy atom. The smallest absolute Gasteiger partial charge is 0.314 e. The molecule has 1 fully saturated rings. The largest absolute Gasteiger partial charge is 0.481 e. The van der Waals surface area contributed by atoms with Crippen molar-refractivity contribution in [2.45, 2.75) is 31.6 Å². The Labute approximate surface area is 118 Å². The van der Waals surface area contributed by atoms with E-state index in [0.717, 1.165) is 30.4 Å². The third kappa shape index (κ3) is 3.26. The third-order valence-corrected chi connectivity index (χ3v) is 3.59. The third-order valence-electron chi connectivity index (χ3n) is 3.59. The van der Waals surface area contributed by atoms with Crippen molar-refractivity contribution in [1.29, 1.82) is 0 Å². The zero-order valence-electron chi connectivity index (χ0n) is 11.6. The summed E-state index contributed by atoms with van der Waals surface area (Å²) in [4.78, 5) is 22.0. The van der Waals surface area contributed by atoms with Gasteiger partial charge in [0, 0.05) is 13.5 Å². The van der Waals surface area contributed by atoms with Gasteiger partial charge in [0.25, 0.3) is 0 Å². The molecule has 0 heterocycles. The second-order valence-electron chi connectivity index (χ2n) is 5.19. The standard InChI is InChI=1S/C16H19NO3/c1-12(18)17-10-3-2-5-13-6-4-7-14(11-13)16(8-9-16)15(19)20/h2,4-7,11H,3,8-10H2,1H3,(H,17,18)(H,19,20). The summed E-state index contributed by atoms with van der Waals surface area (Å²) in [5.41, 5.74) is 1.23. The normalized spacial score (nSPS) is 16.1. The quantitative estimate of drug-likeness (QED) is 0.782. The van der Waals surface area contributed by atoms with Gasteiger partial charge in [0.15, 0.2) is 0 Å². The van der Waals surface area contributed by atoms with Gasteiger partial charge in [-0.3, -0.25) is 9.59 Å². The molecule has 1 amide bonds. The Kier molecular flexibility index (Phi) is 4.23. The van der Waals surface area contributed by atoms with Gasteiger partial charge in [0.05, 0.1) is 5.41 Å². The van der Waals surface area contributed by atoms with E-state index in [0.29, 0.717) is 6.54 Å². The minimum absolute atomic E-state index is 0.0301. The Bertz CT molecular complexity index is 544. The van der Waals surface area contributed by atoms with Crippen LogP contribution in [-0.4, -0.2) is 23.5 Å². The van der Waals surface area contributed by atoms with Gasteiger partial charge in [0.1, 0.15) is 0 Å². The van der Waals surface area contributed by atoms with Crippen LogP contribution in [0.5, 0.6) is 0 Å². The van der Waals surface area contributed by atoms with E-state index in [9.17, 15) is 14.7 Å². The van der Waals surface area contributed by atoms with Crippen LogP contribution in [0.3, 0.4) is 0 Å². The van der Waals surface area contributed by atoms with Crippen molar-refractivity contribution in [3.63, 3.8) is 0 Å². The van der Waals surface area contributed by atoms with E-state index >= 15 is 0 Å². The van der Waals surface area contributed by atoms with Crippen LogP contribution in [0, 0.1) is 0 Å². The molecule has 0 spiro atoms. The molecule has 4 nitrogen and oxygen atoms in total. The monoisotopic (exact) mass is 273 g/mol. The highest BCUT2D eigenvalue weighted by molar-refractivity contribution is 5.85. The second-order valence-corrected chi connectivity index (χ2v) is 5.19. The molecule has 2 N–H and O–H groups in total. The van der Waals surface area contributed by atoms with E-state index in [-0.39, 0.29) is 5.91 Å². The summed E-state index contributed by atoms with van der Waals surface area (Å²) in [6.07, 6.45) is 6.14. The number of benzene rings is 1. The van der Waals surface area contributed by atoms with Crippen molar-refractivity contribution >= 4 is 18.0 Å². The van der Waals surface area contributed by atoms with Gasteiger partial charge >= 0.3 is 5.97 Å². The van der Waals surface area contributed by atoms with Gasteiger partial charge in [0.2, 0.25) is 5.91 Å². The lowest BCUT2D eigenvalue weighted by molar-refractivity contribution is -0.140. The maximum Gasteiger partial charge on any atom is 0.314 e. The summed E-state index contributed by atoms with van der Waals surface area (Å²) in [5.74, 6) is -0.762. The first-order valence-corrected chi connectivity index (χ1v) is 6.79. The molecule has 106 valence electrons. The number of rotatable bonds is 6. The Hall–Kier alpha value is -2.10. The minimum atomic E-state index is -0.732. The predicted molar refractivity (Wildman–Crippen MR) is 77.3 cm³/mol. The van der Waals surface area contributed by atoms with Crippen LogP contribution in [0.4, 0.5) is 0 Å². The van der Waals surface area contributed by atoms with E-state index in [1.165, 1.54) is 6.92 Å². The number of carbonyl (C=O) groups excluding carboxylic acids is 1. The average Bonchev–Trinajstić information content (AvgIpc) is 3.20. The van der Waals surface area contributed by atoms with Gasteiger partial charge < -0.3 is 10.4 Å². The summed E-state index contributed by atoms with van der Waals surface area (Å²) < 4.78 is 0. The summed E-state index contributed by atoms with van der Waals surface area (Å²) in [6.45, 7) is 2.11. The number of carboxylic acid groups (broad SMARTS) is 1. The van der Waals surface area contributed by atoms with Crippen molar-refractivity contribution < 1.29 is 14.7 Å². The zero-order chi connectivity index (χ0) is 14.6. The van der Waals surface area contributed by atoms with E-state index < -0.39 is 11.4 Å². The van der Waals surface area contributed by atoms with Crippen LogP contribution < -0.4 is 5.32 Å². The zero-order valence-corrected chi connectivity index (χ0v) is 11.6. The lowest BCUT2D eigenvalue weighted by Crippen LogP contribution is -2.20.